The van der Waals surface area contributed by atoms with Gasteiger partial charge in [0.25, 0.3) is 0 Å². The van der Waals surface area contributed by atoms with Crippen molar-refractivity contribution >= 4 is 17.6 Å². The fraction of sp³-hybridized carbons (Fsp3) is 0.476. The molecule has 2 aromatic heterocycles. The number of hydrogen-bond acceptors (Lipinski definition) is 5. The summed E-state index contributed by atoms with van der Waals surface area (Å²) in [6.07, 6.45) is 7.45. The number of nitrogens with zero attached hydrogens (tertiary/aromatic N) is 4. The molecule has 0 amide bonds. The van der Waals surface area contributed by atoms with Crippen molar-refractivity contribution < 1.29 is 9.53 Å². The van der Waals surface area contributed by atoms with Gasteiger partial charge in [0.15, 0.2) is 0 Å². The zero-order valence-electron chi connectivity index (χ0n) is 16.5. The Bertz CT molecular complexity index is 841. The Morgan fingerprint density at radius 1 is 1.43 bits per heavy atom. The lowest BCUT2D eigenvalue weighted by molar-refractivity contribution is 0.0523. The van der Waals surface area contributed by atoms with E-state index in [-0.39, 0.29) is 11.9 Å². The van der Waals surface area contributed by atoms with E-state index in [0.29, 0.717) is 17.2 Å². The number of piperidine rings is 1. The van der Waals surface area contributed by atoms with E-state index in [1.54, 1.807) is 19.2 Å². The van der Waals surface area contributed by atoms with Crippen molar-refractivity contribution in [3.8, 4) is 0 Å². The van der Waals surface area contributed by atoms with Crippen molar-refractivity contribution in [3.05, 3.63) is 58.7 Å². The highest BCUT2D eigenvalue weighted by molar-refractivity contribution is 6.30. The van der Waals surface area contributed by atoms with Gasteiger partial charge < -0.3 is 4.74 Å². The zero-order valence-corrected chi connectivity index (χ0v) is 17.3. The van der Waals surface area contributed by atoms with Gasteiger partial charge in [0.2, 0.25) is 0 Å². The molecule has 6 nitrogen and oxygen atoms in total. The minimum Gasteiger partial charge on any atom is -0.462 e. The first kappa shape index (κ1) is 20.6. The molecule has 0 spiro atoms. The molecule has 2 aromatic rings. The van der Waals surface area contributed by atoms with Crippen molar-refractivity contribution in [1.29, 1.82) is 0 Å². The Hall–Kier alpha value is -2.18. The molecule has 0 saturated carbocycles. The minimum atomic E-state index is -0.347. The van der Waals surface area contributed by atoms with Crippen molar-refractivity contribution in [1.82, 2.24) is 19.7 Å². The highest BCUT2D eigenvalue weighted by atomic mass is 35.5. The summed E-state index contributed by atoms with van der Waals surface area (Å²) in [4.78, 5) is 19.2. The maximum atomic E-state index is 12.3. The number of aryl methyl sites for hydroxylation is 1. The van der Waals surface area contributed by atoms with Gasteiger partial charge in [0.1, 0.15) is 0 Å². The number of hydrogen-bond donors (Lipinski definition) is 0. The molecule has 3 heterocycles. The fourth-order valence-electron chi connectivity index (χ4n) is 3.69. The highest BCUT2D eigenvalue weighted by Gasteiger charge is 2.27. The van der Waals surface area contributed by atoms with E-state index in [9.17, 15) is 4.79 Å². The lowest BCUT2D eigenvalue weighted by Crippen LogP contribution is -2.33. The van der Waals surface area contributed by atoms with Crippen LogP contribution in [-0.4, -0.2) is 45.3 Å². The van der Waals surface area contributed by atoms with Crippen molar-refractivity contribution in [2.75, 3.05) is 19.7 Å². The third-order valence-corrected chi connectivity index (χ3v) is 5.32. The molecule has 0 N–H and O–H groups in total. The number of carbonyl (C=O) groups excluding carboxylic acids is 1. The van der Waals surface area contributed by atoms with Crippen LogP contribution in [0, 0.1) is 6.92 Å². The lowest BCUT2D eigenvalue weighted by Gasteiger charge is -2.32. The summed E-state index contributed by atoms with van der Waals surface area (Å²) in [5.74, 6) is -0.113. The summed E-state index contributed by atoms with van der Waals surface area (Å²) in [7, 11) is 0. The van der Waals surface area contributed by atoms with Gasteiger partial charge in [-0.25, -0.2) is 4.79 Å². The van der Waals surface area contributed by atoms with Gasteiger partial charge in [-0.05, 0) is 45.8 Å². The molecule has 0 aliphatic carbocycles. The second-order valence-electron chi connectivity index (χ2n) is 7.11. The van der Waals surface area contributed by atoms with E-state index < -0.39 is 0 Å². The van der Waals surface area contributed by atoms with E-state index in [1.807, 2.05) is 17.7 Å². The summed E-state index contributed by atoms with van der Waals surface area (Å²) in [6, 6.07) is 1.67. The number of rotatable bonds is 7. The number of allylic oxidation sites excluding steroid dienone is 1. The van der Waals surface area contributed by atoms with Crippen LogP contribution < -0.4 is 0 Å². The van der Waals surface area contributed by atoms with Gasteiger partial charge in [-0.15, -0.1) is 6.58 Å². The minimum absolute atomic E-state index is 0.234. The third kappa shape index (κ3) is 4.80. The van der Waals surface area contributed by atoms with E-state index in [2.05, 4.69) is 27.8 Å². The smallest absolute Gasteiger partial charge is 0.340 e. The Morgan fingerprint density at radius 3 is 2.86 bits per heavy atom. The quantitative estimate of drug-likeness (QED) is 0.517. The first-order valence-corrected chi connectivity index (χ1v) is 10.1. The van der Waals surface area contributed by atoms with E-state index in [4.69, 9.17) is 16.3 Å². The molecular formula is C21H27ClN4O2. The van der Waals surface area contributed by atoms with Crippen LogP contribution in [0.25, 0.3) is 0 Å². The normalized spacial score (nSPS) is 15.5. The number of likely N-dealkylation sites (tertiary alicyclic amines) is 1. The third-order valence-electron chi connectivity index (χ3n) is 5.11. The number of carbonyl (C=O) groups is 1. The fourth-order valence-corrected chi connectivity index (χ4v) is 3.85. The average Bonchev–Trinajstić information content (AvgIpc) is 3.02. The maximum Gasteiger partial charge on any atom is 0.340 e. The Kier molecular flexibility index (Phi) is 6.86. The summed E-state index contributed by atoms with van der Waals surface area (Å²) < 4.78 is 7.11. The van der Waals surface area contributed by atoms with Gasteiger partial charge >= 0.3 is 5.97 Å². The monoisotopic (exact) mass is 402 g/mol. The standard InChI is InChI=1S/C21H27ClN4O2/c1-4-8-26-14-17(15(3)24-26)13-25-9-6-16(7-10-25)20-19(21(27)28-5-2)11-18(22)12-23-20/h4,11-12,14,16H,1,5-10,13H2,2-3H3. The maximum absolute atomic E-state index is 12.3. The topological polar surface area (TPSA) is 60.2 Å². The number of aromatic nitrogens is 3. The molecule has 0 bridgehead atoms. The zero-order chi connectivity index (χ0) is 20.1. The summed E-state index contributed by atoms with van der Waals surface area (Å²) in [6.45, 7) is 11.4. The first-order chi connectivity index (χ1) is 13.5. The Balaban J connectivity index is 1.66. The van der Waals surface area contributed by atoms with Crippen LogP contribution in [-0.2, 0) is 17.8 Å². The number of halogens is 1. The van der Waals surface area contributed by atoms with E-state index in [1.165, 1.54) is 5.56 Å². The second kappa shape index (κ2) is 9.34. The van der Waals surface area contributed by atoms with Gasteiger partial charge in [0, 0.05) is 30.4 Å². The Morgan fingerprint density at radius 2 is 2.18 bits per heavy atom. The molecule has 3 rings (SSSR count). The largest absolute Gasteiger partial charge is 0.462 e. The predicted molar refractivity (Wildman–Crippen MR) is 110 cm³/mol. The molecule has 1 aliphatic rings. The highest BCUT2D eigenvalue weighted by Crippen LogP contribution is 2.31. The van der Waals surface area contributed by atoms with Gasteiger partial charge in [-0.3, -0.25) is 14.6 Å². The van der Waals surface area contributed by atoms with Crippen LogP contribution in [0.3, 0.4) is 0 Å². The van der Waals surface area contributed by atoms with Gasteiger partial charge in [0.05, 0.1) is 35.1 Å². The summed E-state index contributed by atoms with van der Waals surface area (Å²) in [5, 5.41) is 4.98. The number of ether oxygens (including phenoxy) is 1. The van der Waals surface area contributed by atoms with Crippen LogP contribution in [0.1, 0.15) is 53.0 Å². The molecule has 0 unspecified atom stereocenters. The van der Waals surface area contributed by atoms with Crippen LogP contribution in [0.15, 0.2) is 31.1 Å². The predicted octanol–water partition coefficient (Wildman–Crippen LogP) is 3.98. The number of esters is 1. The van der Waals surface area contributed by atoms with Crippen molar-refractivity contribution in [3.63, 3.8) is 0 Å². The molecule has 0 radical (unpaired) electrons. The van der Waals surface area contributed by atoms with Gasteiger partial charge in [-0.1, -0.05) is 17.7 Å². The molecule has 1 aliphatic heterocycles. The number of pyridine rings is 1. The summed E-state index contributed by atoms with van der Waals surface area (Å²) in [5.41, 5.74) is 3.61. The van der Waals surface area contributed by atoms with Crippen LogP contribution >= 0.6 is 11.6 Å². The lowest BCUT2D eigenvalue weighted by atomic mass is 9.90. The van der Waals surface area contributed by atoms with Gasteiger partial charge in [-0.2, -0.15) is 5.10 Å². The Labute approximate surface area is 171 Å². The van der Waals surface area contributed by atoms with Crippen LogP contribution in [0.4, 0.5) is 0 Å². The molecule has 0 aromatic carbocycles. The van der Waals surface area contributed by atoms with Crippen LogP contribution in [0.2, 0.25) is 5.02 Å². The van der Waals surface area contributed by atoms with Crippen LogP contribution in [0.5, 0.6) is 0 Å². The average molecular weight is 403 g/mol. The van der Waals surface area contributed by atoms with E-state index >= 15 is 0 Å². The molecular weight excluding hydrogens is 376 g/mol. The summed E-state index contributed by atoms with van der Waals surface area (Å²) >= 11 is 6.06. The molecule has 0 atom stereocenters. The molecule has 28 heavy (non-hydrogen) atoms. The molecule has 1 saturated heterocycles. The van der Waals surface area contributed by atoms with E-state index in [0.717, 1.165) is 50.4 Å². The SMILES string of the molecule is C=CCn1cc(CN2CCC(c3ncc(Cl)cc3C(=O)OCC)CC2)c(C)n1. The molecule has 1 fully saturated rings. The molecule has 150 valence electrons. The molecule has 7 heteroatoms. The van der Waals surface area contributed by atoms with Crippen molar-refractivity contribution in [2.24, 2.45) is 0 Å². The van der Waals surface area contributed by atoms with Crippen molar-refractivity contribution in [2.45, 2.75) is 45.7 Å². The first-order valence-electron chi connectivity index (χ1n) is 9.70. The second-order valence-corrected chi connectivity index (χ2v) is 7.54.